The van der Waals surface area contributed by atoms with Gasteiger partial charge in [0.1, 0.15) is 0 Å². The zero-order valence-electron chi connectivity index (χ0n) is 11.3. The van der Waals surface area contributed by atoms with E-state index < -0.39 is 17.5 Å². The minimum absolute atomic E-state index is 0.0333. The van der Waals surface area contributed by atoms with Gasteiger partial charge in [-0.2, -0.15) is 0 Å². The lowest BCUT2D eigenvalue weighted by atomic mass is 9.75. The summed E-state index contributed by atoms with van der Waals surface area (Å²) in [7, 11) is 0. The maximum Gasteiger partial charge on any atom is 0.331 e. The lowest BCUT2D eigenvalue weighted by Crippen LogP contribution is -2.42. The van der Waals surface area contributed by atoms with Crippen molar-refractivity contribution in [1.29, 1.82) is 0 Å². The Labute approximate surface area is 112 Å². The van der Waals surface area contributed by atoms with Crippen molar-refractivity contribution in [1.82, 2.24) is 0 Å². The first-order chi connectivity index (χ1) is 8.77. The molecule has 0 radical (unpaired) electrons. The molecule has 2 aliphatic rings. The van der Waals surface area contributed by atoms with Crippen molar-refractivity contribution in [2.24, 2.45) is 17.8 Å². The summed E-state index contributed by atoms with van der Waals surface area (Å²) in [4.78, 5) is 23.1. The van der Waals surface area contributed by atoms with Crippen LogP contribution in [0.25, 0.3) is 0 Å². The molecular formula is C15H20O4. The van der Waals surface area contributed by atoms with Gasteiger partial charge in [-0.05, 0) is 49.7 Å². The highest BCUT2D eigenvalue weighted by molar-refractivity contribution is 5.97. The van der Waals surface area contributed by atoms with E-state index in [0.717, 1.165) is 6.42 Å². The molecule has 0 saturated heterocycles. The van der Waals surface area contributed by atoms with Crippen LogP contribution in [0.2, 0.25) is 0 Å². The quantitative estimate of drug-likeness (QED) is 0.747. The van der Waals surface area contributed by atoms with E-state index in [4.69, 9.17) is 5.11 Å². The van der Waals surface area contributed by atoms with E-state index >= 15 is 0 Å². The maximum atomic E-state index is 12.0. The summed E-state index contributed by atoms with van der Waals surface area (Å²) >= 11 is 0. The van der Waals surface area contributed by atoms with Gasteiger partial charge in [-0.25, -0.2) is 4.79 Å². The molecule has 1 saturated carbocycles. The molecule has 0 aromatic rings. The second-order valence-electron chi connectivity index (χ2n) is 5.92. The predicted molar refractivity (Wildman–Crippen MR) is 70.5 cm³/mol. The van der Waals surface area contributed by atoms with Gasteiger partial charge in [-0.1, -0.05) is 13.5 Å². The molecule has 4 atom stereocenters. The van der Waals surface area contributed by atoms with Crippen LogP contribution < -0.4 is 0 Å². The van der Waals surface area contributed by atoms with Crippen molar-refractivity contribution in [3.8, 4) is 0 Å². The van der Waals surface area contributed by atoms with Crippen molar-refractivity contribution < 1.29 is 19.8 Å². The van der Waals surface area contributed by atoms with E-state index in [1.54, 1.807) is 6.92 Å². The zero-order chi connectivity index (χ0) is 14.4. The molecule has 0 bridgehead atoms. The van der Waals surface area contributed by atoms with Crippen molar-refractivity contribution in [3.63, 3.8) is 0 Å². The number of allylic oxidation sites excluding steroid dienone is 1. The summed E-state index contributed by atoms with van der Waals surface area (Å²) in [6.45, 7) is 7.32. The fourth-order valence-corrected chi connectivity index (χ4v) is 3.53. The summed E-state index contributed by atoms with van der Waals surface area (Å²) in [5, 5.41) is 19.9. The first-order valence-corrected chi connectivity index (χ1v) is 6.64. The van der Waals surface area contributed by atoms with Crippen LogP contribution in [0, 0.1) is 17.8 Å². The number of carbonyl (C=O) groups excluding carboxylic acids is 1. The van der Waals surface area contributed by atoms with E-state index in [0.29, 0.717) is 12.0 Å². The summed E-state index contributed by atoms with van der Waals surface area (Å²) in [6, 6.07) is 0. The van der Waals surface area contributed by atoms with Crippen molar-refractivity contribution in [2.45, 2.75) is 38.7 Å². The van der Waals surface area contributed by atoms with Crippen molar-refractivity contribution in [2.75, 3.05) is 0 Å². The lowest BCUT2D eigenvalue weighted by molar-refractivity contribution is -0.133. The predicted octanol–water partition coefficient (Wildman–Crippen LogP) is 1.94. The fraction of sp³-hybridized carbons (Fsp3) is 0.600. The Hall–Kier alpha value is -1.42. The minimum atomic E-state index is -1.20. The minimum Gasteiger partial charge on any atom is -0.478 e. The standard InChI is InChI=1S/C15H20O4/c1-8-4-5-11(10(3)14(17)18)7-15(19)9(2)6-12(16)13(8)15/h6,8,11,13,19H,3-5,7H2,1-2H3,(H,17,18)/t8-,11+,13-,15+/m0/s1. The molecule has 0 aromatic heterocycles. The Bertz CT molecular complexity index is 477. The van der Waals surface area contributed by atoms with Gasteiger partial charge in [-0.3, -0.25) is 4.79 Å². The fourth-order valence-electron chi connectivity index (χ4n) is 3.53. The van der Waals surface area contributed by atoms with Gasteiger partial charge in [0, 0.05) is 5.57 Å². The molecule has 0 spiro atoms. The Balaban J connectivity index is 2.36. The molecule has 4 nitrogen and oxygen atoms in total. The molecule has 2 aliphatic carbocycles. The third kappa shape index (κ3) is 2.14. The third-order valence-electron chi connectivity index (χ3n) is 4.73. The van der Waals surface area contributed by atoms with E-state index in [-0.39, 0.29) is 29.6 Å². The maximum absolute atomic E-state index is 12.0. The SMILES string of the molecule is C=C(C(=O)O)[C@@H]1CC[C@H](C)[C@H]2C(=O)C=C(C)[C@]2(O)C1. The summed E-state index contributed by atoms with van der Waals surface area (Å²) < 4.78 is 0. The average molecular weight is 264 g/mol. The highest BCUT2D eigenvalue weighted by atomic mass is 16.4. The van der Waals surface area contributed by atoms with Gasteiger partial charge < -0.3 is 10.2 Å². The number of carboxylic acids is 1. The molecule has 2 rings (SSSR count). The molecule has 0 aromatic carbocycles. The second-order valence-corrected chi connectivity index (χ2v) is 5.92. The molecule has 0 heterocycles. The van der Waals surface area contributed by atoms with Gasteiger partial charge in [0.25, 0.3) is 0 Å². The van der Waals surface area contributed by atoms with Crippen molar-refractivity contribution in [3.05, 3.63) is 23.8 Å². The molecule has 2 N–H and O–H groups in total. The first kappa shape index (κ1) is 14.0. The number of carbonyl (C=O) groups is 2. The summed E-state index contributed by atoms with van der Waals surface area (Å²) in [5.41, 5.74) is -0.413. The average Bonchev–Trinajstić information content (AvgIpc) is 2.46. The molecule has 0 unspecified atom stereocenters. The number of hydrogen-bond donors (Lipinski definition) is 2. The van der Waals surface area contributed by atoms with Crippen LogP contribution in [0.3, 0.4) is 0 Å². The topological polar surface area (TPSA) is 74.6 Å². The number of hydrogen-bond acceptors (Lipinski definition) is 3. The number of aliphatic hydroxyl groups is 1. The monoisotopic (exact) mass is 264 g/mol. The summed E-state index contributed by atoms with van der Waals surface area (Å²) in [6.07, 6.45) is 3.18. The van der Waals surface area contributed by atoms with Gasteiger partial charge in [-0.15, -0.1) is 0 Å². The van der Waals surface area contributed by atoms with Crippen LogP contribution >= 0.6 is 0 Å². The molecule has 0 amide bonds. The van der Waals surface area contributed by atoms with Crippen LogP contribution in [0.4, 0.5) is 0 Å². The highest BCUT2D eigenvalue weighted by Crippen LogP contribution is 2.48. The molecule has 104 valence electrons. The smallest absolute Gasteiger partial charge is 0.331 e. The molecular weight excluding hydrogens is 244 g/mol. The van der Waals surface area contributed by atoms with E-state index in [1.165, 1.54) is 6.08 Å². The zero-order valence-corrected chi connectivity index (χ0v) is 11.3. The molecule has 19 heavy (non-hydrogen) atoms. The second kappa shape index (κ2) is 4.60. The normalized spacial score (nSPS) is 38.4. The highest BCUT2D eigenvalue weighted by Gasteiger charge is 2.52. The van der Waals surface area contributed by atoms with Crippen LogP contribution in [-0.4, -0.2) is 27.6 Å². The third-order valence-corrected chi connectivity index (χ3v) is 4.73. The van der Waals surface area contributed by atoms with Crippen LogP contribution in [-0.2, 0) is 9.59 Å². The van der Waals surface area contributed by atoms with Crippen LogP contribution in [0.5, 0.6) is 0 Å². The van der Waals surface area contributed by atoms with E-state index in [1.807, 2.05) is 6.92 Å². The van der Waals surface area contributed by atoms with Gasteiger partial charge >= 0.3 is 5.97 Å². The Morgan fingerprint density at radius 2 is 2.11 bits per heavy atom. The number of aliphatic carboxylic acids is 1. The molecule has 0 aliphatic heterocycles. The van der Waals surface area contributed by atoms with Crippen molar-refractivity contribution >= 4 is 11.8 Å². The van der Waals surface area contributed by atoms with E-state index in [9.17, 15) is 14.7 Å². The number of ketones is 1. The van der Waals surface area contributed by atoms with Gasteiger partial charge in [0.05, 0.1) is 11.5 Å². The summed E-state index contributed by atoms with van der Waals surface area (Å²) in [5.74, 6) is -1.71. The Morgan fingerprint density at radius 1 is 1.47 bits per heavy atom. The van der Waals surface area contributed by atoms with Gasteiger partial charge in [0.2, 0.25) is 0 Å². The van der Waals surface area contributed by atoms with E-state index in [2.05, 4.69) is 6.58 Å². The largest absolute Gasteiger partial charge is 0.478 e. The Kier molecular flexibility index (Phi) is 3.39. The van der Waals surface area contributed by atoms with Crippen LogP contribution in [0.1, 0.15) is 33.1 Å². The van der Waals surface area contributed by atoms with Gasteiger partial charge in [0.15, 0.2) is 5.78 Å². The Morgan fingerprint density at radius 3 is 2.68 bits per heavy atom. The number of rotatable bonds is 2. The van der Waals surface area contributed by atoms with Crippen LogP contribution in [0.15, 0.2) is 23.8 Å². The number of carboxylic acid groups (broad SMARTS) is 1. The molecule has 1 fully saturated rings. The first-order valence-electron chi connectivity index (χ1n) is 6.64. The number of fused-ring (bicyclic) bond motifs is 1. The lowest BCUT2D eigenvalue weighted by Gasteiger charge is -2.34. The molecule has 4 heteroatoms.